The van der Waals surface area contributed by atoms with E-state index in [1.54, 1.807) is 0 Å². The molecule has 0 aromatic heterocycles. The summed E-state index contributed by atoms with van der Waals surface area (Å²) in [7, 11) is 0. The number of benzene rings is 1. The standard InChI is InChI=1S/C16H26N2O/c1-4-14-7-5-6-13(3)16(14)18-15(19)9-8-12(2)10-11-17/h5-7,12H,4,8-11,17H2,1-3H3,(H,18,19). The normalized spacial score (nSPS) is 12.2. The van der Waals surface area contributed by atoms with Crippen molar-refractivity contribution in [3.8, 4) is 0 Å². The van der Waals surface area contributed by atoms with E-state index in [0.717, 1.165) is 30.5 Å². The number of nitrogens with two attached hydrogens (primary N) is 1. The second-order valence-electron chi connectivity index (χ2n) is 5.23. The highest BCUT2D eigenvalue weighted by Gasteiger charge is 2.10. The Morgan fingerprint density at radius 1 is 1.37 bits per heavy atom. The largest absolute Gasteiger partial charge is 0.330 e. The van der Waals surface area contributed by atoms with Crippen molar-refractivity contribution >= 4 is 11.6 Å². The molecule has 3 nitrogen and oxygen atoms in total. The van der Waals surface area contributed by atoms with Gasteiger partial charge in [0.05, 0.1) is 0 Å². The predicted octanol–water partition coefficient (Wildman–Crippen LogP) is 3.26. The van der Waals surface area contributed by atoms with Crippen molar-refractivity contribution in [1.82, 2.24) is 0 Å². The minimum absolute atomic E-state index is 0.105. The van der Waals surface area contributed by atoms with E-state index in [4.69, 9.17) is 5.73 Å². The number of para-hydroxylation sites is 1. The molecular weight excluding hydrogens is 236 g/mol. The second kappa shape index (κ2) is 7.95. The summed E-state index contributed by atoms with van der Waals surface area (Å²) in [4.78, 5) is 12.0. The van der Waals surface area contributed by atoms with Crippen LogP contribution in [0.4, 0.5) is 5.69 Å². The highest BCUT2D eigenvalue weighted by Crippen LogP contribution is 2.21. The van der Waals surface area contributed by atoms with Gasteiger partial charge < -0.3 is 11.1 Å². The summed E-state index contributed by atoms with van der Waals surface area (Å²) in [5, 5.41) is 3.06. The predicted molar refractivity (Wildman–Crippen MR) is 81.3 cm³/mol. The first-order valence-electron chi connectivity index (χ1n) is 7.16. The average molecular weight is 262 g/mol. The van der Waals surface area contributed by atoms with Crippen molar-refractivity contribution < 1.29 is 4.79 Å². The van der Waals surface area contributed by atoms with Crippen LogP contribution in [0.15, 0.2) is 18.2 Å². The molecule has 19 heavy (non-hydrogen) atoms. The van der Waals surface area contributed by atoms with Gasteiger partial charge in [0.15, 0.2) is 0 Å². The molecule has 0 aliphatic carbocycles. The molecule has 0 saturated carbocycles. The van der Waals surface area contributed by atoms with Crippen molar-refractivity contribution in [1.29, 1.82) is 0 Å². The summed E-state index contributed by atoms with van der Waals surface area (Å²) in [6.45, 7) is 6.98. The minimum atomic E-state index is 0.105. The molecule has 1 atom stereocenters. The Morgan fingerprint density at radius 3 is 2.74 bits per heavy atom. The number of rotatable bonds is 7. The van der Waals surface area contributed by atoms with Gasteiger partial charge >= 0.3 is 0 Å². The van der Waals surface area contributed by atoms with Crippen molar-refractivity contribution in [2.45, 2.75) is 46.5 Å². The van der Waals surface area contributed by atoms with Gasteiger partial charge in [-0.2, -0.15) is 0 Å². The maximum atomic E-state index is 12.0. The number of anilines is 1. The third-order valence-corrected chi connectivity index (χ3v) is 3.53. The maximum absolute atomic E-state index is 12.0. The molecule has 0 saturated heterocycles. The summed E-state index contributed by atoms with van der Waals surface area (Å²) in [6, 6.07) is 6.14. The van der Waals surface area contributed by atoms with Crippen LogP contribution < -0.4 is 11.1 Å². The summed E-state index contributed by atoms with van der Waals surface area (Å²) in [5.74, 6) is 0.617. The Bertz CT molecular complexity index is 415. The van der Waals surface area contributed by atoms with Gasteiger partial charge in [-0.3, -0.25) is 4.79 Å². The van der Waals surface area contributed by atoms with E-state index in [0.29, 0.717) is 18.9 Å². The van der Waals surface area contributed by atoms with Gasteiger partial charge in [-0.25, -0.2) is 0 Å². The van der Waals surface area contributed by atoms with Gasteiger partial charge in [-0.15, -0.1) is 0 Å². The molecule has 3 N–H and O–H groups in total. The lowest BCUT2D eigenvalue weighted by atomic mass is 10.0. The van der Waals surface area contributed by atoms with Gasteiger partial charge in [0.1, 0.15) is 0 Å². The fraction of sp³-hybridized carbons (Fsp3) is 0.562. The average Bonchev–Trinajstić information content (AvgIpc) is 2.39. The molecule has 0 bridgehead atoms. The molecule has 0 fully saturated rings. The SMILES string of the molecule is CCc1cccc(C)c1NC(=O)CCC(C)CCN. The smallest absolute Gasteiger partial charge is 0.224 e. The van der Waals surface area contributed by atoms with E-state index < -0.39 is 0 Å². The summed E-state index contributed by atoms with van der Waals surface area (Å²) >= 11 is 0. The molecule has 1 unspecified atom stereocenters. The van der Waals surface area contributed by atoms with Crippen molar-refractivity contribution in [3.05, 3.63) is 29.3 Å². The fourth-order valence-corrected chi connectivity index (χ4v) is 2.21. The molecule has 1 aromatic carbocycles. The second-order valence-corrected chi connectivity index (χ2v) is 5.23. The molecule has 106 valence electrons. The molecule has 3 heteroatoms. The van der Waals surface area contributed by atoms with Crippen molar-refractivity contribution in [2.75, 3.05) is 11.9 Å². The van der Waals surface area contributed by atoms with E-state index in [1.165, 1.54) is 5.56 Å². The highest BCUT2D eigenvalue weighted by atomic mass is 16.1. The minimum Gasteiger partial charge on any atom is -0.330 e. The van der Waals surface area contributed by atoms with Crippen LogP contribution in [-0.4, -0.2) is 12.5 Å². The lowest BCUT2D eigenvalue weighted by molar-refractivity contribution is -0.116. The quantitative estimate of drug-likeness (QED) is 0.792. The third-order valence-electron chi connectivity index (χ3n) is 3.53. The van der Waals surface area contributed by atoms with E-state index in [2.05, 4.69) is 25.2 Å². The van der Waals surface area contributed by atoms with E-state index in [1.807, 2.05) is 19.1 Å². The number of aryl methyl sites for hydroxylation is 2. The summed E-state index contributed by atoms with van der Waals surface area (Å²) in [6.07, 6.45) is 3.38. The van der Waals surface area contributed by atoms with E-state index in [9.17, 15) is 4.79 Å². The first-order chi connectivity index (χ1) is 9.08. The lowest BCUT2D eigenvalue weighted by Crippen LogP contribution is -2.15. The molecule has 0 radical (unpaired) electrons. The van der Waals surface area contributed by atoms with Crippen molar-refractivity contribution in [2.24, 2.45) is 11.7 Å². The lowest BCUT2D eigenvalue weighted by Gasteiger charge is -2.14. The van der Waals surface area contributed by atoms with Crippen LogP contribution in [0.5, 0.6) is 0 Å². The number of carbonyl (C=O) groups excluding carboxylic acids is 1. The zero-order valence-corrected chi connectivity index (χ0v) is 12.3. The van der Waals surface area contributed by atoms with Crippen LogP contribution in [0.25, 0.3) is 0 Å². The van der Waals surface area contributed by atoms with Gasteiger partial charge in [-0.05, 0) is 49.8 Å². The zero-order chi connectivity index (χ0) is 14.3. The van der Waals surface area contributed by atoms with E-state index >= 15 is 0 Å². The number of hydrogen-bond acceptors (Lipinski definition) is 2. The Morgan fingerprint density at radius 2 is 2.11 bits per heavy atom. The van der Waals surface area contributed by atoms with Crippen molar-refractivity contribution in [3.63, 3.8) is 0 Å². The van der Waals surface area contributed by atoms with Crippen LogP contribution in [0.2, 0.25) is 0 Å². The number of hydrogen-bond donors (Lipinski definition) is 2. The highest BCUT2D eigenvalue weighted by molar-refractivity contribution is 5.92. The molecular formula is C16H26N2O. The first kappa shape index (κ1) is 15.7. The number of amides is 1. The number of carbonyl (C=O) groups is 1. The summed E-state index contributed by atoms with van der Waals surface area (Å²) < 4.78 is 0. The van der Waals surface area contributed by atoms with Gasteiger partial charge in [0, 0.05) is 12.1 Å². The Hall–Kier alpha value is -1.35. The topological polar surface area (TPSA) is 55.1 Å². The first-order valence-corrected chi connectivity index (χ1v) is 7.16. The van der Waals surface area contributed by atoms with Crippen LogP contribution in [0.3, 0.4) is 0 Å². The Kier molecular flexibility index (Phi) is 6.57. The van der Waals surface area contributed by atoms with Gasteiger partial charge in [0.2, 0.25) is 5.91 Å². The van der Waals surface area contributed by atoms with Crippen LogP contribution >= 0.6 is 0 Å². The molecule has 0 heterocycles. The molecule has 1 amide bonds. The Balaban J connectivity index is 2.57. The van der Waals surface area contributed by atoms with E-state index in [-0.39, 0.29) is 5.91 Å². The molecule has 0 aliphatic rings. The van der Waals surface area contributed by atoms with Crippen LogP contribution in [0.1, 0.15) is 44.2 Å². The van der Waals surface area contributed by atoms with Crippen LogP contribution in [0, 0.1) is 12.8 Å². The fourth-order valence-electron chi connectivity index (χ4n) is 2.21. The monoisotopic (exact) mass is 262 g/mol. The molecule has 0 spiro atoms. The van der Waals surface area contributed by atoms with Gasteiger partial charge in [0.25, 0.3) is 0 Å². The zero-order valence-electron chi connectivity index (χ0n) is 12.3. The van der Waals surface area contributed by atoms with Crippen LogP contribution in [-0.2, 0) is 11.2 Å². The molecule has 1 rings (SSSR count). The molecule has 1 aromatic rings. The third kappa shape index (κ3) is 5.03. The summed E-state index contributed by atoms with van der Waals surface area (Å²) in [5.41, 5.74) is 8.83. The Labute approximate surface area is 116 Å². The van der Waals surface area contributed by atoms with Gasteiger partial charge in [-0.1, -0.05) is 32.0 Å². The maximum Gasteiger partial charge on any atom is 0.224 e. The molecule has 0 aliphatic heterocycles. The number of nitrogens with one attached hydrogen (secondary N) is 1.